The monoisotopic (exact) mass is 592 g/mol. The summed E-state index contributed by atoms with van der Waals surface area (Å²) in [5.74, 6) is 0.825. The van der Waals surface area contributed by atoms with Crippen LogP contribution in [0.25, 0.3) is 65.3 Å². The molecule has 0 spiro atoms. The van der Waals surface area contributed by atoms with E-state index in [1.54, 1.807) is 0 Å². The number of para-hydroxylation sites is 1. The van der Waals surface area contributed by atoms with Crippen molar-refractivity contribution in [1.82, 2.24) is 15.2 Å². The third kappa shape index (κ3) is 3.82. The maximum Gasteiger partial charge on any atom is 0.184 e. The van der Waals surface area contributed by atoms with Crippen molar-refractivity contribution >= 4 is 71.1 Å². The minimum atomic E-state index is -0.376. The number of aromatic nitrogens is 1. The lowest BCUT2D eigenvalue weighted by atomic mass is 10.0. The van der Waals surface area contributed by atoms with E-state index in [0.29, 0.717) is 0 Å². The quantitative estimate of drug-likeness (QED) is 0.215. The zero-order valence-electron chi connectivity index (χ0n) is 24.8. The van der Waals surface area contributed by atoms with E-state index in [9.17, 15) is 0 Å². The average Bonchev–Trinajstić information content (AvgIpc) is 3.64. The van der Waals surface area contributed by atoms with Gasteiger partial charge in [0.05, 0.1) is 11.0 Å². The summed E-state index contributed by atoms with van der Waals surface area (Å²) in [6, 6.07) is 51.5. The lowest BCUT2D eigenvalue weighted by Crippen LogP contribution is -2.46. The Morgan fingerprint density at radius 1 is 0.543 bits per heavy atom. The minimum Gasteiger partial charge on any atom is -0.456 e. The second kappa shape index (κ2) is 9.80. The van der Waals surface area contributed by atoms with Gasteiger partial charge in [0.1, 0.15) is 23.2 Å². The SMILES string of the molecule is c1ccc(C2NC(c3cccc4oc5cc6ccccc6cc5c34)=NC(n3c4ccccc4c4cc5ccccc5cc43)N2)cc1. The largest absolute Gasteiger partial charge is 0.456 e. The van der Waals surface area contributed by atoms with E-state index in [2.05, 4.69) is 161 Å². The van der Waals surface area contributed by atoms with Crippen molar-refractivity contribution in [2.24, 2.45) is 4.99 Å². The molecule has 7 aromatic carbocycles. The molecule has 46 heavy (non-hydrogen) atoms. The van der Waals surface area contributed by atoms with Gasteiger partial charge in [-0.2, -0.15) is 0 Å². The summed E-state index contributed by atoms with van der Waals surface area (Å²) in [5.41, 5.74) is 6.17. The lowest BCUT2D eigenvalue weighted by Gasteiger charge is -2.33. The molecule has 3 heterocycles. The van der Waals surface area contributed by atoms with Gasteiger partial charge >= 0.3 is 0 Å². The van der Waals surface area contributed by atoms with Crippen LogP contribution in [-0.2, 0) is 0 Å². The van der Waals surface area contributed by atoms with E-state index < -0.39 is 0 Å². The number of benzene rings is 7. The Morgan fingerprint density at radius 3 is 2.02 bits per heavy atom. The van der Waals surface area contributed by atoms with Gasteiger partial charge in [-0.3, -0.25) is 5.32 Å². The zero-order chi connectivity index (χ0) is 30.2. The number of amidine groups is 1. The molecule has 0 saturated heterocycles. The van der Waals surface area contributed by atoms with Crippen LogP contribution in [0.5, 0.6) is 0 Å². The summed E-state index contributed by atoms with van der Waals surface area (Å²) >= 11 is 0. The molecule has 9 aromatic rings. The van der Waals surface area contributed by atoms with Crippen molar-refractivity contribution in [2.45, 2.75) is 12.5 Å². The summed E-state index contributed by atoms with van der Waals surface area (Å²) in [6.07, 6.45) is -0.552. The number of furan rings is 1. The van der Waals surface area contributed by atoms with E-state index in [4.69, 9.17) is 9.41 Å². The maximum atomic E-state index is 6.46. The van der Waals surface area contributed by atoms with E-state index in [-0.39, 0.29) is 12.5 Å². The second-order valence-corrected chi connectivity index (χ2v) is 12.1. The molecule has 2 N–H and O–H groups in total. The van der Waals surface area contributed by atoms with Crippen LogP contribution in [0.15, 0.2) is 155 Å². The number of nitrogens with zero attached hydrogens (tertiary/aromatic N) is 2. The van der Waals surface area contributed by atoms with Gasteiger partial charge in [0, 0.05) is 27.1 Å². The number of hydrogen-bond acceptors (Lipinski definition) is 4. The maximum absolute atomic E-state index is 6.46. The second-order valence-electron chi connectivity index (χ2n) is 12.1. The highest BCUT2D eigenvalue weighted by molar-refractivity contribution is 6.20. The number of rotatable bonds is 3. The van der Waals surface area contributed by atoms with Gasteiger partial charge in [0.15, 0.2) is 6.29 Å². The molecule has 0 bridgehead atoms. The molecule has 218 valence electrons. The first-order valence-corrected chi connectivity index (χ1v) is 15.7. The van der Waals surface area contributed by atoms with Crippen LogP contribution >= 0.6 is 0 Å². The van der Waals surface area contributed by atoms with Gasteiger partial charge in [-0.1, -0.05) is 109 Å². The van der Waals surface area contributed by atoms with Crippen molar-refractivity contribution < 1.29 is 4.42 Å². The van der Waals surface area contributed by atoms with Crippen molar-refractivity contribution in [3.63, 3.8) is 0 Å². The van der Waals surface area contributed by atoms with E-state index in [0.717, 1.165) is 55.3 Å². The Labute approximate surface area is 264 Å². The Morgan fingerprint density at radius 2 is 1.22 bits per heavy atom. The van der Waals surface area contributed by atoms with Crippen LogP contribution in [0.1, 0.15) is 23.6 Å². The smallest absolute Gasteiger partial charge is 0.184 e. The number of nitrogens with one attached hydrogen (secondary N) is 2. The Hall–Kier alpha value is -5.91. The third-order valence-corrected chi connectivity index (χ3v) is 9.42. The molecule has 5 heteroatoms. The predicted molar refractivity (Wildman–Crippen MR) is 189 cm³/mol. The fraction of sp³-hybridized carbons (Fsp3) is 0.0488. The summed E-state index contributed by atoms with van der Waals surface area (Å²) in [5, 5.41) is 17.0. The van der Waals surface area contributed by atoms with Crippen LogP contribution in [0.3, 0.4) is 0 Å². The number of hydrogen-bond donors (Lipinski definition) is 2. The molecule has 1 aliphatic rings. The minimum absolute atomic E-state index is 0.176. The van der Waals surface area contributed by atoms with Gasteiger partial charge in [-0.05, 0) is 63.5 Å². The lowest BCUT2D eigenvalue weighted by molar-refractivity contribution is 0.341. The first-order valence-electron chi connectivity index (χ1n) is 15.7. The third-order valence-electron chi connectivity index (χ3n) is 9.42. The van der Waals surface area contributed by atoms with Crippen molar-refractivity contribution in [3.05, 3.63) is 157 Å². The van der Waals surface area contributed by atoms with Gasteiger partial charge < -0.3 is 14.3 Å². The first kappa shape index (κ1) is 25.4. The fourth-order valence-corrected chi connectivity index (χ4v) is 7.29. The van der Waals surface area contributed by atoms with Crippen molar-refractivity contribution in [1.29, 1.82) is 0 Å². The van der Waals surface area contributed by atoms with Gasteiger partial charge in [-0.15, -0.1) is 0 Å². The van der Waals surface area contributed by atoms with E-state index in [1.807, 2.05) is 0 Å². The molecule has 10 rings (SSSR count). The van der Waals surface area contributed by atoms with Crippen LogP contribution < -0.4 is 10.6 Å². The summed E-state index contributed by atoms with van der Waals surface area (Å²) in [7, 11) is 0. The van der Waals surface area contributed by atoms with Crippen LogP contribution in [0.4, 0.5) is 0 Å². The Bertz CT molecular complexity index is 2670. The molecule has 2 unspecified atom stereocenters. The fourth-order valence-electron chi connectivity index (χ4n) is 7.29. The predicted octanol–water partition coefficient (Wildman–Crippen LogP) is 9.79. The molecule has 0 saturated carbocycles. The molecule has 5 nitrogen and oxygen atoms in total. The Kier molecular flexibility index (Phi) is 5.41. The molecule has 1 aliphatic heterocycles. The average molecular weight is 593 g/mol. The van der Waals surface area contributed by atoms with Gasteiger partial charge in [0.25, 0.3) is 0 Å². The van der Waals surface area contributed by atoms with Crippen LogP contribution in [0.2, 0.25) is 0 Å². The summed E-state index contributed by atoms with van der Waals surface area (Å²) in [6.45, 7) is 0. The molecule has 2 aromatic heterocycles. The Balaban J connectivity index is 1.24. The van der Waals surface area contributed by atoms with Gasteiger partial charge in [0.2, 0.25) is 0 Å². The normalized spacial score (nSPS) is 16.9. The number of fused-ring (bicyclic) bond motifs is 8. The highest BCUT2D eigenvalue weighted by Gasteiger charge is 2.29. The topological polar surface area (TPSA) is 54.5 Å². The molecule has 0 aliphatic carbocycles. The molecular weight excluding hydrogens is 564 g/mol. The van der Waals surface area contributed by atoms with E-state index >= 15 is 0 Å². The van der Waals surface area contributed by atoms with Crippen LogP contribution in [0, 0.1) is 0 Å². The molecule has 2 atom stereocenters. The van der Waals surface area contributed by atoms with E-state index in [1.165, 1.54) is 26.9 Å². The number of aliphatic imine (C=N–C) groups is 1. The van der Waals surface area contributed by atoms with Crippen molar-refractivity contribution in [2.75, 3.05) is 0 Å². The highest BCUT2D eigenvalue weighted by atomic mass is 16.3. The molecule has 0 fully saturated rings. The molecular formula is C41H28N4O. The summed E-state index contributed by atoms with van der Waals surface area (Å²) in [4.78, 5) is 5.47. The first-order chi connectivity index (χ1) is 22.8. The van der Waals surface area contributed by atoms with Gasteiger partial charge in [-0.25, -0.2) is 4.99 Å². The molecule has 0 radical (unpaired) electrons. The van der Waals surface area contributed by atoms with Crippen LogP contribution in [-0.4, -0.2) is 10.4 Å². The highest BCUT2D eigenvalue weighted by Crippen LogP contribution is 2.38. The standard InChI is InChI=1S/C41H28N4O/c1-2-11-25(12-3-1)39-42-40(31-18-10-20-36-38(31)33-22-27-14-5-7-16-29(27)24-37(33)46-36)44-41(43-39)45-34-19-9-8-17-30(34)32-21-26-13-4-6-15-28(26)23-35(32)45/h1-24,39,41,43H,(H,42,44). The van der Waals surface area contributed by atoms with Crippen molar-refractivity contribution in [3.8, 4) is 0 Å². The molecule has 0 amide bonds. The zero-order valence-corrected chi connectivity index (χ0v) is 24.8. The summed E-state index contributed by atoms with van der Waals surface area (Å²) < 4.78 is 8.81.